The van der Waals surface area contributed by atoms with Crippen molar-refractivity contribution in [2.75, 3.05) is 0 Å². The first kappa shape index (κ1) is 32.7. The van der Waals surface area contributed by atoms with E-state index >= 15 is 0 Å². The number of nitrogens with zero attached hydrogens (tertiary/aromatic N) is 4. The number of para-hydroxylation sites is 2. The molecule has 0 saturated carbocycles. The lowest BCUT2D eigenvalue weighted by Gasteiger charge is -2.11. The van der Waals surface area contributed by atoms with Crippen LogP contribution in [0.3, 0.4) is 0 Å². The van der Waals surface area contributed by atoms with Gasteiger partial charge in [-0.15, -0.1) is 11.3 Å². The molecule has 58 heavy (non-hydrogen) atoms. The molecule has 3 aromatic heterocycles. The summed E-state index contributed by atoms with van der Waals surface area (Å²) in [6.07, 6.45) is 0. The zero-order valence-electron chi connectivity index (χ0n) is 31.2. The Kier molecular flexibility index (Phi) is 7.37. The third kappa shape index (κ3) is 5.18. The molecule has 0 aliphatic heterocycles. The van der Waals surface area contributed by atoms with Crippen LogP contribution < -0.4 is 0 Å². The molecule has 4 nitrogen and oxygen atoms in total. The van der Waals surface area contributed by atoms with Crippen LogP contribution in [0.25, 0.3) is 115 Å². The number of rotatable bonds is 5. The summed E-state index contributed by atoms with van der Waals surface area (Å²) in [4.78, 5) is 15.5. The molecule has 9 aromatic carbocycles. The Bertz CT molecular complexity index is 3570. The fourth-order valence-corrected chi connectivity index (χ4v) is 9.99. The summed E-state index contributed by atoms with van der Waals surface area (Å²) in [5, 5.41) is 9.76. The predicted molar refractivity (Wildman–Crippen MR) is 244 cm³/mol. The van der Waals surface area contributed by atoms with Gasteiger partial charge in [-0.2, -0.15) is 0 Å². The van der Waals surface area contributed by atoms with Crippen LogP contribution in [0.2, 0.25) is 0 Å². The molecule has 0 bridgehead atoms. The van der Waals surface area contributed by atoms with Gasteiger partial charge in [-0.1, -0.05) is 146 Å². The highest BCUT2D eigenvalue weighted by atomic mass is 32.1. The summed E-state index contributed by atoms with van der Waals surface area (Å²) in [7, 11) is 0. The molecule has 5 heteroatoms. The Morgan fingerprint density at radius 1 is 0.362 bits per heavy atom. The number of hydrogen-bond donors (Lipinski definition) is 0. The minimum atomic E-state index is 0.653. The van der Waals surface area contributed by atoms with Crippen molar-refractivity contribution in [1.29, 1.82) is 0 Å². The van der Waals surface area contributed by atoms with Gasteiger partial charge in [-0.05, 0) is 81.2 Å². The van der Waals surface area contributed by atoms with E-state index in [0.29, 0.717) is 17.5 Å². The quantitative estimate of drug-likeness (QED) is 0.164. The third-order valence-corrected chi connectivity index (χ3v) is 12.6. The smallest absolute Gasteiger partial charge is 0.165 e. The zero-order valence-corrected chi connectivity index (χ0v) is 32.0. The highest BCUT2D eigenvalue weighted by molar-refractivity contribution is 7.26. The minimum absolute atomic E-state index is 0.653. The number of fused-ring (bicyclic) bond motifs is 9. The Hall–Kier alpha value is -7.47. The molecule has 270 valence electrons. The second-order valence-corrected chi connectivity index (χ2v) is 15.8. The van der Waals surface area contributed by atoms with Gasteiger partial charge in [0, 0.05) is 53.3 Å². The molecule has 3 heterocycles. The minimum Gasteiger partial charge on any atom is -0.309 e. The van der Waals surface area contributed by atoms with Crippen LogP contribution in [0.4, 0.5) is 0 Å². The van der Waals surface area contributed by atoms with Crippen molar-refractivity contribution in [2.24, 2.45) is 0 Å². The Morgan fingerprint density at radius 2 is 1.00 bits per heavy atom. The number of aromatic nitrogens is 4. The lowest BCUT2D eigenvalue weighted by Crippen LogP contribution is -2.00. The second-order valence-electron chi connectivity index (χ2n) is 14.8. The fourth-order valence-electron chi connectivity index (χ4n) is 8.75. The largest absolute Gasteiger partial charge is 0.309 e. The molecule has 0 atom stereocenters. The first-order chi connectivity index (χ1) is 28.7. The van der Waals surface area contributed by atoms with Crippen molar-refractivity contribution in [3.63, 3.8) is 0 Å². The second kappa shape index (κ2) is 13.1. The molecular weight excluding hydrogens is 725 g/mol. The van der Waals surface area contributed by atoms with Crippen LogP contribution in [0.5, 0.6) is 0 Å². The standard InChI is InChI=1S/C53H32N4S/c1-3-14-34(15-4-1)51-54-52(37-27-29-40-35(31-37)26-25-33-13-7-8-18-39(33)40)56-53(55-51)44-22-11-21-43-49-41(20-12-24-48(49)58-50(43)44)36-28-30-47-45(32-36)42-19-9-10-23-46(42)57(47)38-16-5-2-6-17-38/h1-32H. The lowest BCUT2D eigenvalue weighted by atomic mass is 9.97. The van der Waals surface area contributed by atoms with E-state index in [0.717, 1.165) is 32.5 Å². The van der Waals surface area contributed by atoms with Crippen LogP contribution in [-0.2, 0) is 0 Å². The Balaban J connectivity index is 1.04. The number of benzene rings is 9. The van der Waals surface area contributed by atoms with Gasteiger partial charge in [-0.25, -0.2) is 15.0 Å². The first-order valence-corrected chi connectivity index (χ1v) is 20.3. The monoisotopic (exact) mass is 756 g/mol. The van der Waals surface area contributed by atoms with Gasteiger partial charge >= 0.3 is 0 Å². The molecule has 0 fully saturated rings. The van der Waals surface area contributed by atoms with Crippen LogP contribution in [0.1, 0.15) is 0 Å². The van der Waals surface area contributed by atoms with Crippen molar-refractivity contribution >= 4 is 74.9 Å². The number of thiophene rings is 1. The van der Waals surface area contributed by atoms with Crippen molar-refractivity contribution in [3.05, 3.63) is 194 Å². The van der Waals surface area contributed by atoms with Crippen LogP contribution in [-0.4, -0.2) is 19.5 Å². The maximum absolute atomic E-state index is 5.24. The van der Waals surface area contributed by atoms with Gasteiger partial charge in [0.05, 0.1) is 11.0 Å². The van der Waals surface area contributed by atoms with Crippen molar-refractivity contribution in [3.8, 4) is 51.0 Å². The van der Waals surface area contributed by atoms with Gasteiger partial charge in [0.2, 0.25) is 0 Å². The van der Waals surface area contributed by atoms with Gasteiger partial charge in [0.1, 0.15) is 0 Å². The molecule has 0 aliphatic carbocycles. The Morgan fingerprint density at radius 3 is 1.88 bits per heavy atom. The normalized spacial score (nSPS) is 11.8. The topological polar surface area (TPSA) is 43.6 Å². The molecule has 12 aromatic rings. The third-order valence-electron chi connectivity index (χ3n) is 11.4. The molecular formula is C53H32N4S. The predicted octanol–water partition coefficient (Wildman–Crippen LogP) is 14.3. The van der Waals surface area contributed by atoms with E-state index in [1.54, 1.807) is 11.3 Å². The highest BCUT2D eigenvalue weighted by Crippen LogP contribution is 2.45. The van der Waals surface area contributed by atoms with Crippen molar-refractivity contribution in [2.45, 2.75) is 0 Å². The van der Waals surface area contributed by atoms with Gasteiger partial charge in [0.25, 0.3) is 0 Å². The van der Waals surface area contributed by atoms with Crippen molar-refractivity contribution in [1.82, 2.24) is 19.5 Å². The van der Waals surface area contributed by atoms with E-state index in [4.69, 9.17) is 15.0 Å². The van der Waals surface area contributed by atoms with Gasteiger partial charge in [-0.3, -0.25) is 0 Å². The van der Waals surface area contributed by atoms with E-state index in [-0.39, 0.29) is 0 Å². The summed E-state index contributed by atoms with van der Waals surface area (Å²) in [6.45, 7) is 0. The number of hydrogen-bond acceptors (Lipinski definition) is 4. The first-order valence-electron chi connectivity index (χ1n) is 19.5. The average Bonchev–Trinajstić information content (AvgIpc) is 3.85. The molecule has 0 N–H and O–H groups in total. The van der Waals surface area contributed by atoms with E-state index in [1.807, 2.05) is 18.2 Å². The molecule has 0 amide bonds. The summed E-state index contributed by atoms with van der Waals surface area (Å²) < 4.78 is 4.76. The fraction of sp³-hybridized carbons (Fsp3) is 0. The van der Waals surface area contributed by atoms with E-state index in [9.17, 15) is 0 Å². The summed E-state index contributed by atoms with van der Waals surface area (Å²) in [5.41, 5.74) is 8.87. The maximum atomic E-state index is 5.24. The molecule has 0 saturated heterocycles. The molecule has 12 rings (SSSR count). The molecule has 0 radical (unpaired) electrons. The SMILES string of the molecule is c1ccc(-c2nc(-c3ccc4c(ccc5ccccc54)c3)nc(-c3cccc4c3sc3cccc(-c5ccc6c(c5)c5ccccc5n6-c5ccccc5)c34)n2)cc1. The van der Waals surface area contributed by atoms with Crippen LogP contribution in [0.15, 0.2) is 194 Å². The summed E-state index contributed by atoms with van der Waals surface area (Å²) in [6, 6.07) is 69.2. The molecule has 0 spiro atoms. The Labute approximate surface area is 338 Å². The summed E-state index contributed by atoms with van der Waals surface area (Å²) in [5.74, 6) is 1.97. The van der Waals surface area contributed by atoms with Gasteiger partial charge in [0.15, 0.2) is 17.5 Å². The van der Waals surface area contributed by atoms with Gasteiger partial charge < -0.3 is 4.57 Å². The van der Waals surface area contributed by atoms with Crippen molar-refractivity contribution < 1.29 is 0 Å². The van der Waals surface area contributed by atoms with E-state index in [1.165, 1.54) is 64.6 Å². The summed E-state index contributed by atoms with van der Waals surface area (Å²) >= 11 is 1.80. The molecule has 0 unspecified atom stereocenters. The van der Waals surface area contributed by atoms with Crippen LogP contribution >= 0.6 is 11.3 Å². The molecule has 0 aliphatic rings. The highest BCUT2D eigenvalue weighted by Gasteiger charge is 2.20. The lowest BCUT2D eigenvalue weighted by molar-refractivity contribution is 1.08. The van der Waals surface area contributed by atoms with E-state index in [2.05, 4.69) is 180 Å². The maximum Gasteiger partial charge on any atom is 0.165 e. The zero-order chi connectivity index (χ0) is 38.2. The average molecular weight is 757 g/mol. The van der Waals surface area contributed by atoms with E-state index < -0.39 is 0 Å². The van der Waals surface area contributed by atoms with Crippen LogP contribution in [0, 0.1) is 0 Å².